The van der Waals surface area contributed by atoms with E-state index in [-0.39, 0.29) is 28.5 Å². The molecular formula is C74H69BN2O. The number of hydrogen-bond acceptors (Lipinski definition) is 2. The van der Waals surface area contributed by atoms with E-state index in [4.69, 9.17) is 4.42 Å². The van der Waals surface area contributed by atoms with Crippen LogP contribution in [0.25, 0.3) is 76.4 Å². The Morgan fingerprint density at radius 3 is 1.51 bits per heavy atom. The smallest absolute Gasteiger partial charge is 0.333 e. The largest absolute Gasteiger partial charge is 0.455 e. The predicted octanol–water partition coefficient (Wildman–Crippen LogP) is 18.8. The van der Waals surface area contributed by atoms with E-state index in [1.54, 1.807) is 0 Å². The molecule has 2 aliphatic rings. The van der Waals surface area contributed by atoms with E-state index in [9.17, 15) is 0 Å². The second-order valence-electron chi connectivity index (χ2n) is 27.0. The molecule has 14 rings (SSSR count). The Labute approximate surface area is 460 Å². The van der Waals surface area contributed by atoms with Crippen LogP contribution >= 0.6 is 0 Å². The molecule has 0 N–H and O–H groups in total. The Morgan fingerprint density at radius 2 is 0.923 bits per heavy atom. The molecule has 0 fully saturated rings. The van der Waals surface area contributed by atoms with Gasteiger partial charge in [-0.1, -0.05) is 204 Å². The highest BCUT2D eigenvalue weighted by atomic mass is 16.3. The summed E-state index contributed by atoms with van der Waals surface area (Å²) in [7, 11) is 0. The van der Waals surface area contributed by atoms with Gasteiger partial charge in [-0.05, 0) is 166 Å². The molecule has 0 amide bonds. The molecule has 10 aromatic carbocycles. The average molecular weight is 1010 g/mol. The molecule has 12 aromatic rings. The molecule has 0 bridgehead atoms. The monoisotopic (exact) mass is 1010 g/mol. The number of para-hydroxylation sites is 1. The number of benzene rings is 10. The van der Waals surface area contributed by atoms with Crippen LogP contribution in [-0.4, -0.2) is 11.3 Å². The predicted molar refractivity (Wildman–Crippen MR) is 336 cm³/mol. The Balaban J connectivity index is 1.22. The number of nitrogens with zero attached hydrogens (tertiary/aromatic N) is 2. The number of rotatable bonds is 5. The summed E-state index contributed by atoms with van der Waals surface area (Å²) in [6.45, 7) is 28.1. The Bertz CT molecular complexity index is 4440. The van der Waals surface area contributed by atoms with Crippen LogP contribution in [0.5, 0.6) is 0 Å². The van der Waals surface area contributed by atoms with Crippen LogP contribution in [0.4, 0.5) is 17.1 Å². The molecular weight excluding hydrogens is 944 g/mol. The minimum absolute atomic E-state index is 0.0381. The topological polar surface area (TPSA) is 21.3 Å². The van der Waals surface area contributed by atoms with Gasteiger partial charge in [-0.25, -0.2) is 0 Å². The van der Waals surface area contributed by atoms with Crippen LogP contribution in [0.1, 0.15) is 128 Å². The third-order valence-electron chi connectivity index (χ3n) is 17.6. The zero-order valence-electron chi connectivity index (χ0n) is 47.5. The summed E-state index contributed by atoms with van der Waals surface area (Å²) in [5, 5.41) is 10.1. The van der Waals surface area contributed by atoms with Crippen molar-refractivity contribution in [1.82, 2.24) is 4.48 Å². The summed E-state index contributed by atoms with van der Waals surface area (Å²) in [4.78, 5) is 2.69. The summed E-state index contributed by atoms with van der Waals surface area (Å²) in [6, 6.07) is 67.8. The van der Waals surface area contributed by atoms with E-state index in [2.05, 4.69) is 268 Å². The van der Waals surface area contributed by atoms with E-state index >= 15 is 0 Å². The number of anilines is 3. The third-order valence-corrected chi connectivity index (χ3v) is 17.6. The van der Waals surface area contributed by atoms with Crippen molar-refractivity contribution in [3.63, 3.8) is 0 Å². The number of furan rings is 1. The fraction of sp³-hybridized carbons (Fsp3) is 0.243. The van der Waals surface area contributed by atoms with Crippen LogP contribution in [-0.2, 0) is 34.5 Å². The first-order valence-electron chi connectivity index (χ1n) is 28.4. The van der Waals surface area contributed by atoms with Crippen molar-refractivity contribution in [3.05, 3.63) is 220 Å². The highest BCUT2D eigenvalue weighted by Gasteiger charge is 2.46. The number of hydrogen-bond donors (Lipinski definition) is 0. The molecule has 0 aliphatic carbocycles. The molecule has 0 atom stereocenters. The van der Waals surface area contributed by atoms with Crippen LogP contribution < -0.4 is 15.8 Å². The van der Waals surface area contributed by atoms with E-state index in [0.717, 1.165) is 34.8 Å². The molecule has 0 saturated carbocycles. The number of fused-ring (bicyclic) bond motifs is 13. The molecule has 2 aromatic heterocycles. The van der Waals surface area contributed by atoms with Gasteiger partial charge < -0.3 is 13.8 Å². The maximum Gasteiger partial charge on any atom is 0.333 e. The van der Waals surface area contributed by atoms with Gasteiger partial charge in [0.25, 0.3) is 0 Å². The minimum atomic E-state index is -0.196. The number of aromatic nitrogens is 1. The van der Waals surface area contributed by atoms with Crippen molar-refractivity contribution in [3.8, 4) is 11.1 Å². The standard InChI is InChI=1S/C74H69BN2O/c1-71(2,3)46-31-32-63-58(38-46)59-39-49(74(10,11)12)40-61-67-68-65(43-60-53-29-21-22-30-66(53)78-70(60)67)76(50-36-47(72(4,5)6)35-48(37-50)73(7,8)9)64-42-57-55(34-45-25-17-14-18-26-45)52-28-20-19-27-51(52)54(33-44-23-15-13-16-24-44)56(57)41-62(64)75(68)77(63)69(59)61/h13-32,35-43H,33-34H2,1-12H3. The van der Waals surface area contributed by atoms with Crippen molar-refractivity contribution in [2.24, 2.45) is 0 Å². The fourth-order valence-corrected chi connectivity index (χ4v) is 13.4. The molecule has 0 spiro atoms. The minimum Gasteiger partial charge on any atom is -0.455 e. The lowest BCUT2D eigenvalue weighted by molar-refractivity contribution is 0.569. The molecule has 0 radical (unpaired) electrons. The van der Waals surface area contributed by atoms with Crippen molar-refractivity contribution in [1.29, 1.82) is 0 Å². The van der Waals surface area contributed by atoms with E-state index < -0.39 is 0 Å². The van der Waals surface area contributed by atoms with Gasteiger partial charge in [-0.15, -0.1) is 0 Å². The highest BCUT2D eigenvalue weighted by Crippen LogP contribution is 2.52. The Kier molecular flexibility index (Phi) is 10.5. The summed E-state index contributed by atoms with van der Waals surface area (Å²) in [6.07, 6.45) is 1.62. The lowest BCUT2D eigenvalue weighted by Crippen LogP contribution is -2.56. The molecule has 78 heavy (non-hydrogen) atoms. The van der Waals surface area contributed by atoms with Crippen molar-refractivity contribution in [2.75, 3.05) is 4.90 Å². The van der Waals surface area contributed by atoms with Crippen LogP contribution in [0, 0.1) is 0 Å². The first kappa shape index (κ1) is 48.5. The lowest BCUT2D eigenvalue weighted by Gasteiger charge is -2.42. The maximum atomic E-state index is 7.34. The second-order valence-corrected chi connectivity index (χ2v) is 27.0. The second kappa shape index (κ2) is 16.8. The fourth-order valence-electron chi connectivity index (χ4n) is 13.4. The van der Waals surface area contributed by atoms with Gasteiger partial charge in [0.05, 0.1) is 0 Å². The normalized spacial score (nSPS) is 13.7. The van der Waals surface area contributed by atoms with Crippen LogP contribution in [0.2, 0.25) is 0 Å². The van der Waals surface area contributed by atoms with Crippen molar-refractivity contribution in [2.45, 2.75) is 118 Å². The highest BCUT2D eigenvalue weighted by molar-refractivity contribution is 6.90. The molecule has 0 saturated heterocycles. The first-order chi connectivity index (χ1) is 37.2. The summed E-state index contributed by atoms with van der Waals surface area (Å²) >= 11 is 0. The van der Waals surface area contributed by atoms with Gasteiger partial charge in [-0.2, -0.15) is 0 Å². The molecule has 2 aliphatic heterocycles. The zero-order valence-corrected chi connectivity index (χ0v) is 47.5. The van der Waals surface area contributed by atoms with E-state index in [0.29, 0.717) is 0 Å². The third kappa shape index (κ3) is 7.46. The SMILES string of the molecule is CC(C)(C)c1cc(N2c3cc4c(Cc5ccccc5)c5ccccc5c(Cc5ccccc5)c4cc3B3c4c2cc2c(oc5ccccc52)c4-c2cc(C(C)(C)C)cc4c5cc(C(C)(C)C)ccc5n3c24)cc(C(C)(C)C)c1. The van der Waals surface area contributed by atoms with Crippen molar-refractivity contribution >= 4 is 100 Å². The van der Waals surface area contributed by atoms with E-state index in [1.807, 2.05) is 0 Å². The molecule has 4 heteroatoms. The van der Waals surface area contributed by atoms with E-state index in [1.165, 1.54) is 127 Å². The first-order valence-corrected chi connectivity index (χ1v) is 28.4. The Hall–Kier alpha value is -7.82. The molecule has 4 heterocycles. The van der Waals surface area contributed by atoms with Gasteiger partial charge in [0.2, 0.25) is 0 Å². The van der Waals surface area contributed by atoms with Crippen molar-refractivity contribution < 1.29 is 4.42 Å². The molecule has 3 nitrogen and oxygen atoms in total. The van der Waals surface area contributed by atoms with Gasteiger partial charge in [0.1, 0.15) is 11.2 Å². The summed E-state index contributed by atoms with van der Waals surface area (Å²) < 4.78 is 10.1. The molecule has 384 valence electrons. The average Bonchev–Trinajstić information content (AvgIpc) is 4.11. The zero-order chi connectivity index (χ0) is 53.9. The summed E-state index contributed by atoms with van der Waals surface area (Å²) in [5.41, 5.74) is 23.3. The van der Waals surface area contributed by atoms with Gasteiger partial charge >= 0.3 is 6.85 Å². The van der Waals surface area contributed by atoms with Crippen LogP contribution in [0.15, 0.2) is 180 Å². The quantitative estimate of drug-likeness (QED) is 0.127. The van der Waals surface area contributed by atoms with Gasteiger partial charge in [-0.3, -0.25) is 0 Å². The Morgan fingerprint density at radius 1 is 0.410 bits per heavy atom. The van der Waals surface area contributed by atoms with Gasteiger partial charge in [0.15, 0.2) is 0 Å². The summed E-state index contributed by atoms with van der Waals surface area (Å²) in [5.74, 6) is 0. The molecule has 0 unspecified atom stereocenters. The maximum absolute atomic E-state index is 7.34. The lowest BCUT2D eigenvalue weighted by atomic mass is 9.44. The van der Waals surface area contributed by atoms with Gasteiger partial charge in [0, 0.05) is 60.8 Å². The van der Waals surface area contributed by atoms with Crippen LogP contribution in [0.3, 0.4) is 0 Å².